The number of halogens is 2. The molecular weight excluding hydrogens is 308 g/mol. The van der Waals surface area contributed by atoms with Crippen LogP contribution >= 0.6 is 0 Å². The topological polar surface area (TPSA) is 88.0 Å². The Kier molecular flexibility index (Phi) is 3.65. The first kappa shape index (κ1) is 14.9. The molecular formula is C15H11F2N3O3. The number of nitrogens with one attached hydrogen (secondary N) is 2. The second kappa shape index (κ2) is 5.64. The summed E-state index contributed by atoms with van der Waals surface area (Å²) < 4.78 is 31.1. The molecule has 6 nitrogen and oxygen atoms in total. The Morgan fingerprint density at radius 3 is 2.83 bits per heavy atom. The molecule has 0 saturated carbocycles. The van der Waals surface area contributed by atoms with Gasteiger partial charge in [-0.3, -0.25) is 14.7 Å². The third-order valence-corrected chi connectivity index (χ3v) is 3.28. The number of rotatable bonds is 3. The first-order chi connectivity index (χ1) is 11.0. The van der Waals surface area contributed by atoms with Crippen LogP contribution in [0.5, 0.6) is 0 Å². The largest absolute Gasteiger partial charge is 0.451 e. The SMILES string of the molecule is Cc1[nH]nc(C(F)F)c1NC(=O)c1cc(=O)c2ccccc2o1. The summed E-state index contributed by atoms with van der Waals surface area (Å²) in [4.78, 5) is 24.2. The predicted molar refractivity (Wildman–Crippen MR) is 78.7 cm³/mol. The van der Waals surface area contributed by atoms with Crippen LogP contribution in [0.4, 0.5) is 14.5 Å². The Morgan fingerprint density at radius 2 is 2.09 bits per heavy atom. The van der Waals surface area contributed by atoms with Gasteiger partial charge in [-0.15, -0.1) is 0 Å². The van der Waals surface area contributed by atoms with Crippen LogP contribution in [0.25, 0.3) is 11.0 Å². The van der Waals surface area contributed by atoms with Crippen LogP contribution < -0.4 is 10.7 Å². The van der Waals surface area contributed by atoms with E-state index in [9.17, 15) is 18.4 Å². The van der Waals surface area contributed by atoms with Gasteiger partial charge in [-0.2, -0.15) is 5.10 Å². The highest BCUT2D eigenvalue weighted by atomic mass is 19.3. The second-order valence-electron chi connectivity index (χ2n) is 4.83. The summed E-state index contributed by atoms with van der Waals surface area (Å²) in [6.07, 6.45) is -2.85. The van der Waals surface area contributed by atoms with Crippen molar-refractivity contribution in [2.75, 3.05) is 5.32 Å². The number of carbonyl (C=O) groups is 1. The van der Waals surface area contributed by atoms with Gasteiger partial charge in [0.15, 0.2) is 16.9 Å². The van der Waals surface area contributed by atoms with E-state index >= 15 is 0 Å². The first-order valence-corrected chi connectivity index (χ1v) is 6.64. The van der Waals surface area contributed by atoms with Crippen LogP contribution in [0.15, 0.2) is 39.5 Å². The smallest absolute Gasteiger partial charge is 0.291 e. The summed E-state index contributed by atoms with van der Waals surface area (Å²) in [5.41, 5.74) is -0.574. The molecule has 0 aliphatic heterocycles. The number of hydrogen-bond acceptors (Lipinski definition) is 4. The summed E-state index contributed by atoms with van der Waals surface area (Å²) >= 11 is 0. The molecule has 0 atom stereocenters. The average Bonchev–Trinajstić information content (AvgIpc) is 2.88. The number of carbonyl (C=O) groups excluding carboxylic acids is 1. The number of benzene rings is 1. The number of aryl methyl sites for hydroxylation is 1. The summed E-state index contributed by atoms with van der Waals surface area (Å²) in [6.45, 7) is 1.49. The minimum absolute atomic E-state index is 0.124. The van der Waals surface area contributed by atoms with Gasteiger partial charge in [0.25, 0.3) is 12.3 Å². The Balaban J connectivity index is 1.99. The molecule has 2 N–H and O–H groups in total. The zero-order valence-electron chi connectivity index (χ0n) is 11.9. The molecule has 0 aliphatic carbocycles. The van der Waals surface area contributed by atoms with Crippen molar-refractivity contribution in [3.63, 3.8) is 0 Å². The number of aromatic nitrogens is 2. The highest BCUT2D eigenvalue weighted by Gasteiger charge is 2.22. The number of anilines is 1. The monoisotopic (exact) mass is 319 g/mol. The number of fused-ring (bicyclic) bond motifs is 1. The van der Waals surface area contributed by atoms with E-state index in [4.69, 9.17) is 4.42 Å². The number of hydrogen-bond donors (Lipinski definition) is 2. The zero-order valence-corrected chi connectivity index (χ0v) is 11.9. The Hall–Kier alpha value is -3.03. The third kappa shape index (κ3) is 2.70. The third-order valence-electron chi connectivity index (χ3n) is 3.28. The van der Waals surface area contributed by atoms with E-state index in [1.54, 1.807) is 24.3 Å². The van der Waals surface area contributed by atoms with E-state index in [2.05, 4.69) is 15.5 Å². The van der Waals surface area contributed by atoms with Gasteiger partial charge in [-0.05, 0) is 19.1 Å². The van der Waals surface area contributed by atoms with Gasteiger partial charge in [0.1, 0.15) is 5.58 Å². The molecule has 2 aromatic heterocycles. The highest BCUT2D eigenvalue weighted by molar-refractivity contribution is 6.03. The summed E-state index contributed by atoms with van der Waals surface area (Å²) in [5, 5.41) is 8.46. The van der Waals surface area contributed by atoms with Crippen LogP contribution in [0, 0.1) is 6.92 Å². The lowest BCUT2D eigenvalue weighted by molar-refractivity contribution is 0.0996. The minimum atomic E-state index is -2.85. The van der Waals surface area contributed by atoms with E-state index in [1.165, 1.54) is 6.92 Å². The number of aromatic amines is 1. The van der Waals surface area contributed by atoms with Crippen molar-refractivity contribution in [3.05, 3.63) is 57.7 Å². The number of alkyl halides is 2. The highest BCUT2D eigenvalue weighted by Crippen LogP contribution is 2.27. The van der Waals surface area contributed by atoms with Crippen LogP contribution in [0.1, 0.15) is 28.4 Å². The molecule has 23 heavy (non-hydrogen) atoms. The second-order valence-corrected chi connectivity index (χ2v) is 4.83. The minimum Gasteiger partial charge on any atom is -0.451 e. The molecule has 3 rings (SSSR count). The quantitative estimate of drug-likeness (QED) is 0.777. The van der Waals surface area contributed by atoms with Gasteiger partial charge >= 0.3 is 0 Å². The van der Waals surface area contributed by atoms with Crippen molar-refractivity contribution >= 4 is 22.6 Å². The lowest BCUT2D eigenvalue weighted by atomic mass is 10.2. The number of amides is 1. The molecule has 0 saturated heterocycles. The molecule has 0 fully saturated rings. The lowest BCUT2D eigenvalue weighted by Gasteiger charge is -2.06. The van der Waals surface area contributed by atoms with Crippen LogP contribution in [-0.4, -0.2) is 16.1 Å². The van der Waals surface area contributed by atoms with Crippen LogP contribution in [0.3, 0.4) is 0 Å². The fourth-order valence-corrected chi connectivity index (χ4v) is 2.15. The molecule has 0 aliphatic rings. The van der Waals surface area contributed by atoms with Crippen molar-refractivity contribution in [2.45, 2.75) is 13.3 Å². The first-order valence-electron chi connectivity index (χ1n) is 6.64. The maximum atomic E-state index is 12.9. The molecule has 3 aromatic rings. The van der Waals surface area contributed by atoms with Crippen molar-refractivity contribution in [3.8, 4) is 0 Å². The summed E-state index contributed by atoms with van der Waals surface area (Å²) in [7, 11) is 0. The molecule has 0 unspecified atom stereocenters. The van der Waals surface area contributed by atoms with E-state index in [-0.39, 0.29) is 22.7 Å². The van der Waals surface area contributed by atoms with E-state index in [0.29, 0.717) is 5.39 Å². The number of nitrogens with zero attached hydrogens (tertiary/aromatic N) is 1. The van der Waals surface area contributed by atoms with Gasteiger partial charge in [0.2, 0.25) is 0 Å². The van der Waals surface area contributed by atoms with Crippen LogP contribution in [0.2, 0.25) is 0 Å². The zero-order chi connectivity index (χ0) is 16.6. The van der Waals surface area contributed by atoms with Gasteiger partial charge in [-0.1, -0.05) is 12.1 Å². The fourth-order valence-electron chi connectivity index (χ4n) is 2.15. The molecule has 8 heteroatoms. The molecule has 1 aromatic carbocycles. The Morgan fingerprint density at radius 1 is 1.35 bits per heavy atom. The molecule has 0 spiro atoms. The van der Waals surface area contributed by atoms with Gasteiger partial charge < -0.3 is 9.73 Å². The maximum absolute atomic E-state index is 12.9. The van der Waals surface area contributed by atoms with E-state index in [1.807, 2.05) is 0 Å². The Bertz CT molecular complexity index is 947. The van der Waals surface area contributed by atoms with Crippen LogP contribution in [-0.2, 0) is 0 Å². The number of para-hydroxylation sites is 1. The van der Waals surface area contributed by atoms with E-state index < -0.39 is 23.5 Å². The molecule has 118 valence electrons. The molecule has 0 radical (unpaired) electrons. The molecule has 1 amide bonds. The van der Waals surface area contributed by atoms with Crippen molar-refractivity contribution in [1.82, 2.24) is 10.2 Å². The normalized spacial score (nSPS) is 11.1. The maximum Gasteiger partial charge on any atom is 0.291 e. The Labute approximate surface area is 128 Å². The van der Waals surface area contributed by atoms with Gasteiger partial charge in [0, 0.05) is 6.07 Å². The predicted octanol–water partition coefficient (Wildman–Crippen LogP) is 3.01. The van der Waals surface area contributed by atoms with Crippen molar-refractivity contribution in [2.24, 2.45) is 0 Å². The summed E-state index contributed by atoms with van der Waals surface area (Å²) in [6, 6.07) is 7.46. The van der Waals surface area contributed by atoms with Crippen molar-refractivity contribution in [1.29, 1.82) is 0 Å². The van der Waals surface area contributed by atoms with Gasteiger partial charge in [0.05, 0.1) is 16.8 Å². The molecule has 0 bridgehead atoms. The fraction of sp³-hybridized carbons (Fsp3) is 0.133. The average molecular weight is 319 g/mol. The van der Waals surface area contributed by atoms with Crippen molar-refractivity contribution < 1.29 is 18.0 Å². The van der Waals surface area contributed by atoms with E-state index in [0.717, 1.165) is 6.07 Å². The summed E-state index contributed by atoms with van der Waals surface area (Å²) in [5.74, 6) is -1.08. The standard InChI is InChI=1S/C15H11F2N3O3/c1-7-12(13(14(16)17)20-19-7)18-15(22)11-6-9(21)8-4-2-3-5-10(8)23-11/h2-6,14H,1H3,(H,18,22)(H,19,20). The number of H-pyrrole nitrogens is 1. The molecule has 2 heterocycles. The van der Waals surface area contributed by atoms with Gasteiger partial charge in [-0.25, -0.2) is 8.78 Å². The lowest BCUT2D eigenvalue weighted by Crippen LogP contribution is -2.16.